The Bertz CT molecular complexity index is 1500. The summed E-state index contributed by atoms with van der Waals surface area (Å²) >= 11 is 0. The number of aliphatic hydroxyl groups is 3. The molecule has 222 valence electrons. The highest BCUT2D eigenvalue weighted by Crippen LogP contribution is 2.45. The molecule has 3 aromatic rings. The van der Waals surface area contributed by atoms with Gasteiger partial charge in [0.05, 0.1) is 7.11 Å². The number of fused-ring (bicyclic) bond motifs is 1. The highest BCUT2D eigenvalue weighted by molar-refractivity contribution is 5.91. The first kappa shape index (κ1) is 29.7. The molecule has 0 radical (unpaired) electrons. The van der Waals surface area contributed by atoms with Crippen LogP contribution in [-0.4, -0.2) is 86.1 Å². The van der Waals surface area contributed by atoms with Crippen LogP contribution in [0.25, 0.3) is 22.3 Å². The topological polar surface area (TPSA) is 226 Å². The van der Waals surface area contributed by atoms with Crippen molar-refractivity contribution in [3.8, 4) is 45.8 Å². The number of hydrogen-bond acceptors (Lipinski definition) is 14. The number of rotatable bonds is 8. The standard InChI is InChI=1S/C27H30O14/c1-10(2)6-17(30)38-9-16-19(31)22(34)24(36)27(41-16)40-15-8-14-18(21(33)26(15)37-3)20(32)23(35)25(39-14)11-4-5-12(28)13(29)7-11/h4-5,7-8,10,16,19,22,24,27-29,31,33-36H,6,9H2,1-3H3. The van der Waals surface area contributed by atoms with E-state index in [9.17, 15) is 45.3 Å². The first-order valence-electron chi connectivity index (χ1n) is 12.5. The summed E-state index contributed by atoms with van der Waals surface area (Å²) in [6, 6.07) is 4.48. The highest BCUT2D eigenvalue weighted by atomic mass is 16.7. The molecule has 0 saturated carbocycles. The molecule has 14 heteroatoms. The van der Waals surface area contributed by atoms with Gasteiger partial charge in [-0.15, -0.1) is 0 Å². The molecular formula is C27H30O14. The van der Waals surface area contributed by atoms with E-state index in [2.05, 4.69) is 0 Å². The number of phenolic OH excluding ortho intramolecular Hbond substituents is 3. The number of aliphatic hydroxyl groups excluding tert-OH is 3. The number of hydrogen-bond donors (Lipinski definition) is 7. The number of carbonyl (C=O) groups is 1. The monoisotopic (exact) mass is 578 g/mol. The van der Waals surface area contributed by atoms with Gasteiger partial charge in [0.25, 0.3) is 0 Å². The maximum absolute atomic E-state index is 13.0. The minimum atomic E-state index is -1.82. The van der Waals surface area contributed by atoms with Crippen molar-refractivity contribution in [2.24, 2.45) is 5.92 Å². The molecular weight excluding hydrogens is 548 g/mol. The van der Waals surface area contributed by atoms with Gasteiger partial charge in [-0.05, 0) is 24.1 Å². The molecule has 4 rings (SSSR count). The van der Waals surface area contributed by atoms with Crippen LogP contribution >= 0.6 is 0 Å². The molecule has 1 aromatic heterocycles. The van der Waals surface area contributed by atoms with Crippen molar-refractivity contribution in [1.82, 2.24) is 0 Å². The second-order valence-corrected chi connectivity index (χ2v) is 9.86. The number of ether oxygens (including phenoxy) is 4. The average Bonchev–Trinajstić information content (AvgIpc) is 2.91. The SMILES string of the molecule is COc1c(OC2OC(COC(=O)CC(C)C)C(O)C(O)C2O)cc2oc(-c3ccc(O)c(O)c3)c(O)c(=O)c2c1O. The Morgan fingerprint density at radius 3 is 2.32 bits per heavy atom. The summed E-state index contributed by atoms with van der Waals surface area (Å²) in [7, 11) is 1.14. The van der Waals surface area contributed by atoms with E-state index in [-0.39, 0.29) is 29.2 Å². The summed E-state index contributed by atoms with van der Waals surface area (Å²) in [4.78, 5) is 24.9. The lowest BCUT2D eigenvalue weighted by Gasteiger charge is -2.40. The normalized spacial score (nSPS) is 22.6. The van der Waals surface area contributed by atoms with Crippen molar-refractivity contribution in [3.05, 3.63) is 34.5 Å². The number of aromatic hydroxyl groups is 4. The fourth-order valence-electron chi connectivity index (χ4n) is 4.27. The quantitative estimate of drug-likeness (QED) is 0.147. The zero-order valence-electron chi connectivity index (χ0n) is 22.2. The summed E-state index contributed by atoms with van der Waals surface area (Å²) in [6.07, 6.45) is -8.14. The molecule has 2 aromatic carbocycles. The van der Waals surface area contributed by atoms with Gasteiger partial charge in [0, 0.05) is 18.1 Å². The second kappa shape index (κ2) is 11.7. The van der Waals surface area contributed by atoms with Crippen LogP contribution < -0.4 is 14.9 Å². The van der Waals surface area contributed by atoms with Crippen LogP contribution in [0.4, 0.5) is 0 Å². The first-order chi connectivity index (χ1) is 19.3. The predicted molar refractivity (Wildman–Crippen MR) is 139 cm³/mol. The Kier molecular flexibility index (Phi) is 8.49. The summed E-state index contributed by atoms with van der Waals surface area (Å²) < 4.78 is 27.2. The van der Waals surface area contributed by atoms with Crippen molar-refractivity contribution >= 4 is 16.9 Å². The van der Waals surface area contributed by atoms with Crippen LogP contribution in [0.2, 0.25) is 0 Å². The average molecular weight is 579 g/mol. The molecule has 7 N–H and O–H groups in total. The number of esters is 1. The minimum absolute atomic E-state index is 0.00702. The first-order valence-corrected chi connectivity index (χ1v) is 12.5. The Hall–Kier alpha value is -4.24. The third-order valence-corrected chi connectivity index (χ3v) is 6.39. The van der Waals surface area contributed by atoms with Gasteiger partial charge >= 0.3 is 5.97 Å². The van der Waals surface area contributed by atoms with Gasteiger partial charge in [-0.2, -0.15) is 0 Å². The van der Waals surface area contributed by atoms with Gasteiger partial charge in [-0.3, -0.25) is 9.59 Å². The summed E-state index contributed by atoms with van der Waals surface area (Å²) in [5, 5.41) is 71.5. The van der Waals surface area contributed by atoms with Gasteiger partial charge in [-0.1, -0.05) is 13.8 Å². The number of phenols is 3. The van der Waals surface area contributed by atoms with E-state index >= 15 is 0 Å². The molecule has 1 fully saturated rings. The zero-order valence-corrected chi connectivity index (χ0v) is 22.2. The fourth-order valence-corrected chi connectivity index (χ4v) is 4.27. The Morgan fingerprint density at radius 1 is 0.976 bits per heavy atom. The van der Waals surface area contributed by atoms with Crippen LogP contribution in [0.5, 0.6) is 34.5 Å². The molecule has 0 bridgehead atoms. The van der Waals surface area contributed by atoms with E-state index in [0.29, 0.717) is 0 Å². The molecule has 2 heterocycles. The van der Waals surface area contributed by atoms with Crippen LogP contribution in [0.3, 0.4) is 0 Å². The van der Waals surface area contributed by atoms with E-state index in [1.54, 1.807) is 0 Å². The smallest absolute Gasteiger partial charge is 0.306 e. The molecule has 5 unspecified atom stereocenters. The zero-order chi connectivity index (χ0) is 30.2. The van der Waals surface area contributed by atoms with Crippen LogP contribution in [0.1, 0.15) is 20.3 Å². The largest absolute Gasteiger partial charge is 0.504 e. The lowest BCUT2D eigenvalue weighted by Crippen LogP contribution is -2.60. The van der Waals surface area contributed by atoms with Crippen LogP contribution in [0, 0.1) is 5.92 Å². The molecule has 41 heavy (non-hydrogen) atoms. The van der Waals surface area contributed by atoms with E-state index in [0.717, 1.165) is 25.3 Å². The third kappa shape index (κ3) is 5.81. The van der Waals surface area contributed by atoms with Crippen molar-refractivity contribution in [2.45, 2.75) is 51.0 Å². The van der Waals surface area contributed by atoms with Crippen molar-refractivity contribution < 1.29 is 63.9 Å². The number of carbonyl (C=O) groups excluding carboxylic acids is 1. The summed E-state index contributed by atoms with van der Waals surface area (Å²) in [6.45, 7) is 3.16. The van der Waals surface area contributed by atoms with Crippen LogP contribution in [0.15, 0.2) is 33.5 Å². The summed E-state index contributed by atoms with van der Waals surface area (Å²) in [5.74, 6) is -4.44. The minimum Gasteiger partial charge on any atom is -0.504 e. The molecule has 0 amide bonds. The van der Waals surface area contributed by atoms with E-state index < -0.39 is 88.6 Å². The Labute approximate surface area is 232 Å². The Morgan fingerprint density at radius 2 is 1.68 bits per heavy atom. The molecule has 0 aliphatic carbocycles. The van der Waals surface area contributed by atoms with Crippen molar-refractivity contribution in [3.63, 3.8) is 0 Å². The Balaban J connectivity index is 1.71. The van der Waals surface area contributed by atoms with Crippen LogP contribution in [-0.2, 0) is 14.3 Å². The van der Waals surface area contributed by atoms with Gasteiger partial charge in [0.15, 0.2) is 28.8 Å². The summed E-state index contributed by atoms with van der Waals surface area (Å²) in [5.41, 5.74) is -1.38. The van der Waals surface area contributed by atoms with Gasteiger partial charge in [-0.25, -0.2) is 0 Å². The predicted octanol–water partition coefficient (Wildman–Crippen LogP) is 1.07. The number of methoxy groups -OCH3 is 1. The van der Waals surface area contributed by atoms with E-state index in [1.165, 1.54) is 6.07 Å². The van der Waals surface area contributed by atoms with Gasteiger partial charge in [0.1, 0.15) is 42.0 Å². The third-order valence-electron chi connectivity index (χ3n) is 6.39. The molecule has 0 spiro atoms. The van der Waals surface area contributed by atoms with Crippen molar-refractivity contribution in [2.75, 3.05) is 13.7 Å². The van der Waals surface area contributed by atoms with E-state index in [4.69, 9.17) is 23.4 Å². The maximum Gasteiger partial charge on any atom is 0.306 e. The lowest BCUT2D eigenvalue weighted by molar-refractivity contribution is -0.278. The van der Waals surface area contributed by atoms with Gasteiger partial charge in [0.2, 0.25) is 23.2 Å². The highest BCUT2D eigenvalue weighted by Gasteiger charge is 2.46. The second-order valence-electron chi connectivity index (χ2n) is 9.86. The molecule has 1 aliphatic heterocycles. The molecule has 5 atom stereocenters. The lowest BCUT2D eigenvalue weighted by atomic mass is 9.99. The fraction of sp³-hybridized carbons (Fsp3) is 0.407. The van der Waals surface area contributed by atoms with Gasteiger partial charge < -0.3 is 59.1 Å². The molecule has 14 nitrogen and oxygen atoms in total. The molecule has 1 aliphatic rings. The van der Waals surface area contributed by atoms with Crippen molar-refractivity contribution in [1.29, 1.82) is 0 Å². The molecule has 1 saturated heterocycles. The maximum atomic E-state index is 13.0. The van der Waals surface area contributed by atoms with E-state index in [1.807, 2.05) is 13.8 Å². The number of benzene rings is 2.